The van der Waals surface area contributed by atoms with Gasteiger partial charge in [-0.2, -0.15) is 12.1 Å². The van der Waals surface area contributed by atoms with Gasteiger partial charge in [0.05, 0.1) is 0 Å². The molecule has 0 aliphatic heterocycles. The van der Waals surface area contributed by atoms with Crippen LogP contribution in [0.15, 0.2) is 53.6 Å². The predicted molar refractivity (Wildman–Crippen MR) is 103 cm³/mol. The summed E-state index contributed by atoms with van der Waals surface area (Å²) in [4.78, 5) is 0. The third-order valence-corrected chi connectivity index (χ3v) is 5.39. The van der Waals surface area contributed by atoms with Gasteiger partial charge in [0, 0.05) is 25.8 Å². The van der Waals surface area contributed by atoms with Crippen molar-refractivity contribution in [2.75, 3.05) is 13.3 Å². The van der Waals surface area contributed by atoms with Crippen LogP contribution in [-0.4, -0.2) is 13.3 Å². The predicted octanol–water partition coefficient (Wildman–Crippen LogP) is 6.18. The molecule has 0 atom stereocenters. The molecule has 0 heterocycles. The van der Waals surface area contributed by atoms with E-state index in [0.717, 1.165) is 6.42 Å². The Bertz CT molecular complexity index is 628. The number of allylic oxidation sites excluding steroid dienone is 4. The summed E-state index contributed by atoms with van der Waals surface area (Å²) in [7, 11) is 0.0576. The Morgan fingerprint density at radius 2 is 1.96 bits per heavy atom. The summed E-state index contributed by atoms with van der Waals surface area (Å²) in [5, 5.41) is 4.26. The molecular formula is C21H27HfP-2. The topological polar surface area (TPSA) is 0 Å². The fourth-order valence-electron chi connectivity index (χ4n) is 2.62. The molecule has 1 aliphatic rings. The van der Waals surface area contributed by atoms with Crippen molar-refractivity contribution in [1.82, 2.24) is 0 Å². The zero-order valence-corrected chi connectivity index (χ0v) is 19.3. The number of hydrogen-bond acceptors (Lipinski definition) is 0. The summed E-state index contributed by atoms with van der Waals surface area (Å²) in [6.45, 7) is 9.01. The maximum absolute atomic E-state index is 3.37. The smallest absolute Gasteiger partial charge is 0 e. The molecule has 0 amide bonds. The Hall–Kier alpha value is -0.390. The summed E-state index contributed by atoms with van der Waals surface area (Å²) >= 11 is 0. The molecule has 0 saturated carbocycles. The van der Waals surface area contributed by atoms with Crippen molar-refractivity contribution in [3.05, 3.63) is 59.7 Å². The Kier molecular flexibility index (Phi) is 9.40. The van der Waals surface area contributed by atoms with Gasteiger partial charge in [-0.3, -0.25) is 6.08 Å². The second kappa shape index (κ2) is 10.5. The van der Waals surface area contributed by atoms with Crippen LogP contribution >= 0.6 is 7.92 Å². The quantitative estimate of drug-likeness (QED) is 0.274. The van der Waals surface area contributed by atoms with Gasteiger partial charge in [0.2, 0.25) is 0 Å². The summed E-state index contributed by atoms with van der Waals surface area (Å²) in [5.74, 6) is 0. The van der Waals surface area contributed by atoms with E-state index >= 15 is 0 Å². The second-order valence-corrected chi connectivity index (χ2v) is 8.39. The third kappa shape index (κ3) is 6.20. The maximum Gasteiger partial charge on any atom is 0 e. The molecule has 0 nitrogen and oxygen atoms in total. The van der Waals surface area contributed by atoms with E-state index in [4.69, 9.17) is 0 Å². The molecule has 1 aliphatic carbocycles. The van der Waals surface area contributed by atoms with Crippen molar-refractivity contribution >= 4 is 24.0 Å². The van der Waals surface area contributed by atoms with Crippen LogP contribution in [0, 0.1) is 6.08 Å². The summed E-state index contributed by atoms with van der Waals surface area (Å²) < 4.78 is 0. The first-order valence-electron chi connectivity index (χ1n) is 8.21. The van der Waals surface area contributed by atoms with E-state index in [1.54, 1.807) is 0 Å². The van der Waals surface area contributed by atoms with Crippen LogP contribution in [0.4, 0.5) is 0 Å². The van der Waals surface area contributed by atoms with E-state index in [9.17, 15) is 0 Å². The van der Waals surface area contributed by atoms with Crippen LogP contribution < -0.4 is 5.30 Å². The average molecular weight is 489 g/mol. The first kappa shape index (κ1) is 20.7. The zero-order valence-electron chi connectivity index (χ0n) is 14.8. The first-order valence-corrected chi connectivity index (χ1v) is 10.4. The van der Waals surface area contributed by atoms with Crippen LogP contribution in [0.25, 0.3) is 10.8 Å². The van der Waals surface area contributed by atoms with Gasteiger partial charge in [0.15, 0.2) is 0 Å². The van der Waals surface area contributed by atoms with Crippen molar-refractivity contribution in [2.24, 2.45) is 0 Å². The van der Waals surface area contributed by atoms with E-state index in [1.807, 2.05) is 0 Å². The minimum Gasteiger partial charge on any atom is -0.269 e. The van der Waals surface area contributed by atoms with Crippen LogP contribution in [0.5, 0.6) is 0 Å². The Morgan fingerprint density at radius 3 is 2.52 bits per heavy atom. The van der Waals surface area contributed by atoms with E-state index in [1.165, 1.54) is 46.5 Å². The molecule has 2 aromatic rings. The van der Waals surface area contributed by atoms with Gasteiger partial charge in [-0.15, -0.1) is 61.6 Å². The van der Waals surface area contributed by atoms with E-state index < -0.39 is 0 Å². The van der Waals surface area contributed by atoms with Gasteiger partial charge in [-0.25, -0.2) is 11.1 Å². The molecular weight excluding hydrogens is 462 g/mol. The molecule has 3 rings (SSSR count). The Morgan fingerprint density at radius 1 is 1.22 bits per heavy atom. The van der Waals surface area contributed by atoms with Crippen LogP contribution in [0.1, 0.15) is 39.5 Å². The van der Waals surface area contributed by atoms with E-state index in [2.05, 4.69) is 75.7 Å². The molecule has 0 radical (unpaired) electrons. The SMILES string of the molecule is CCCCC1=[C-]CC=C1C.CP(C)c1cc2ccccc2[cH-]1.[Hf]. The van der Waals surface area contributed by atoms with Gasteiger partial charge in [0.25, 0.3) is 0 Å². The fourth-order valence-corrected chi connectivity index (χ4v) is 3.42. The molecule has 0 unspecified atom stereocenters. The largest absolute Gasteiger partial charge is 0.269 e. The van der Waals surface area contributed by atoms with Crippen molar-refractivity contribution in [3.8, 4) is 0 Å². The molecule has 0 aromatic heterocycles. The van der Waals surface area contributed by atoms with Gasteiger partial charge < -0.3 is 0 Å². The van der Waals surface area contributed by atoms with Crippen LogP contribution in [0.3, 0.4) is 0 Å². The molecule has 2 aromatic carbocycles. The molecule has 23 heavy (non-hydrogen) atoms. The van der Waals surface area contributed by atoms with Crippen LogP contribution in [0.2, 0.25) is 0 Å². The second-order valence-electron chi connectivity index (χ2n) is 6.09. The van der Waals surface area contributed by atoms with Crippen LogP contribution in [-0.2, 0) is 25.8 Å². The average Bonchev–Trinajstić information content (AvgIpc) is 3.11. The number of unbranched alkanes of at least 4 members (excludes halogenated alkanes) is 1. The first-order chi connectivity index (χ1) is 10.6. The monoisotopic (exact) mass is 490 g/mol. The molecule has 0 spiro atoms. The third-order valence-electron chi connectivity index (χ3n) is 4.10. The van der Waals surface area contributed by atoms with E-state index in [-0.39, 0.29) is 33.8 Å². The molecule has 122 valence electrons. The van der Waals surface area contributed by atoms with Gasteiger partial charge >= 0.3 is 0 Å². The number of fused-ring (bicyclic) bond motifs is 1. The van der Waals surface area contributed by atoms with Crippen molar-refractivity contribution in [3.63, 3.8) is 0 Å². The molecule has 0 bridgehead atoms. The Labute approximate surface area is 162 Å². The van der Waals surface area contributed by atoms with E-state index in [0.29, 0.717) is 0 Å². The van der Waals surface area contributed by atoms with Gasteiger partial charge in [-0.1, -0.05) is 32.3 Å². The normalized spacial score (nSPS) is 13.3. The number of hydrogen-bond donors (Lipinski definition) is 0. The summed E-state index contributed by atoms with van der Waals surface area (Å²) in [6.07, 6.45) is 10.5. The fraction of sp³-hybridized carbons (Fsp3) is 0.381. The summed E-state index contributed by atoms with van der Waals surface area (Å²) in [5.41, 5.74) is 2.91. The van der Waals surface area contributed by atoms with Gasteiger partial charge in [-0.05, 0) is 13.3 Å². The minimum absolute atomic E-state index is 0. The van der Waals surface area contributed by atoms with Gasteiger partial charge in [0.1, 0.15) is 0 Å². The Balaban J connectivity index is 0.000000224. The number of rotatable bonds is 4. The molecule has 2 heteroatoms. The van der Waals surface area contributed by atoms with Crippen molar-refractivity contribution < 1.29 is 25.8 Å². The maximum atomic E-state index is 3.37. The minimum atomic E-state index is 0. The molecule has 0 saturated heterocycles. The molecule has 0 N–H and O–H groups in total. The zero-order chi connectivity index (χ0) is 15.9. The number of benzene rings is 1. The standard InChI is InChI=1S/C11H12P.C10H15.Hf/c1-12(2)11-7-9-5-3-4-6-10(9)8-11;1-3-4-7-10-8-5-6-9(10)2;/h3-8H,1-2H3;6H,3-5,7H2,1-2H3;/q2*-1;. The summed E-state index contributed by atoms with van der Waals surface area (Å²) in [6, 6.07) is 13.2. The van der Waals surface area contributed by atoms with Crippen molar-refractivity contribution in [2.45, 2.75) is 39.5 Å². The molecule has 0 fully saturated rings. The van der Waals surface area contributed by atoms with Crippen molar-refractivity contribution in [1.29, 1.82) is 0 Å².